The number of aliphatic carboxylic acids is 1. The van der Waals surface area contributed by atoms with Crippen LogP contribution in [0.2, 0.25) is 0 Å². The van der Waals surface area contributed by atoms with E-state index in [0.717, 1.165) is 0 Å². The van der Waals surface area contributed by atoms with Crippen LogP contribution in [0.1, 0.15) is 18.9 Å². The zero-order valence-corrected chi connectivity index (χ0v) is 10.6. The van der Waals surface area contributed by atoms with Gasteiger partial charge in [-0.25, -0.2) is 0 Å². The van der Waals surface area contributed by atoms with Crippen LogP contribution in [0.15, 0.2) is 24.3 Å². The van der Waals surface area contributed by atoms with Crippen molar-refractivity contribution < 1.29 is 24.5 Å². The molecule has 0 aromatic heterocycles. The SMILES string of the molecule is CC(=O)Oc1ccccc1CNC(CCO)C(=O)O. The topological polar surface area (TPSA) is 95.9 Å². The van der Waals surface area contributed by atoms with Crippen LogP contribution in [0, 0.1) is 0 Å². The Balaban J connectivity index is 2.70. The third kappa shape index (κ3) is 5.07. The van der Waals surface area contributed by atoms with Gasteiger partial charge in [-0.05, 0) is 12.5 Å². The van der Waals surface area contributed by atoms with Gasteiger partial charge in [-0.1, -0.05) is 18.2 Å². The van der Waals surface area contributed by atoms with Crippen molar-refractivity contribution in [2.45, 2.75) is 25.9 Å². The fourth-order valence-corrected chi connectivity index (χ4v) is 1.58. The highest BCUT2D eigenvalue weighted by Crippen LogP contribution is 2.18. The van der Waals surface area contributed by atoms with E-state index in [1.807, 2.05) is 0 Å². The standard InChI is InChI=1S/C13H17NO5/c1-9(16)19-12-5-3-2-4-10(12)8-14-11(6-7-15)13(17)18/h2-5,11,14-15H,6-8H2,1H3,(H,17,18). The van der Waals surface area contributed by atoms with Crippen LogP contribution in [0.5, 0.6) is 5.75 Å². The number of aliphatic hydroxyl groups is 1. The van der Waals surface area contributed by atoms with Crippen molar-refractivity contribution >= 4 is 11.9 Å². The second kappa shape index (κ2) is 7.50. The molecule has 1 rings (SSSR count). The molecular formula is C13H17NO5. The van der Waals surface area contributed by atoms with Gasteiger partial charge < -0.3 is 20.3 Å². The van der Waals surface area contributed by atoms with E-state index < -0.39 is 18.0 Å². The Hall–Kier alpha value is -1.92. The summed E-state index contributed by atoms with van der Waals surface area (Å²) in [6, 6.07) is 6.04. The first kappa shape index (κ1) is 15.1. The number of carbonyl (C=O) groups is 2. The molecule has 1 atom stereocenters. The number of carbonyl (C=O) groups excluding carboxylic acids is 1. The number of para-hydroxylation sites is 1. The Morgan fingerprint density at radius 2 is 2.05 bits per heavy atom. The van der Waals surface area contributed by atoms with E-state index in [4.69, 9.17) is 14.9 Å². The normalized spacial score (nSPS) is 11.9. The minimum Gasteiger partial charge on any atom is -0.480 e. The van der Waals surface area contributed by atoms with E-state index in [2.05, 4.69) is 5.32 Å². The fourth-order valence-electron chi connectivity index (χ4n) is 1.58. The number of aliphatic hydroxyl groups excluding tert-OH is 1. The number of hydrogen-bond donors (Lipinski definition) is 3. The van der Waals surface area contributed by atoms with Crippen LogP contribution in [-0.2, 0) is 16.1 Å². The summed E-state index contributed by atoms with van der Waals surface area (Å²) in [6.07, 6.45) is 0.116. The molecule has 3 N–H and O–H groups in total. The van der Waals surface area contributed by atoms with Gasteiger partial charge in [0.15, 0.2) is 0 Å². The molecule has 0 saturated carbocycles. The summed E-state index contributed by atoms with van der Waals surface area (Å²) >= 11 is 0. The highest BCUT2D eigenvalue weighted by molar-refractivity contribution is 5.73. The number of carboxylic acid groups (broad SMARTS) is 1. The van der Waals surface area contributed by atoms with E-state index in [9.17, 15) is 9.59 Å². The summed E-state index contributed by atoms with van der Waals surface area (Å²) in [7, 11) is 0. The third-order valence-electron chi connectivity index (χ3n) is 2.48. The Morgan fingerprint density at radius 3 is 2.63 bits per heavy atom. The van der Waals surface area contributed by atoms with Gasteiger partial charge in [-0.3, -0.25) is 9.59 Å². The highest BCUT2D eigenvalue weighted by atomic mass is 16.5. The Labute approximate surface area is 111 Å². The van der Waals surface area contributed by atoms with Crippen LogP contribution in [0.4, 0.5) is 0 Å². The number of rotatable bonds is 7. The molecule has 6 heteroatoms. The first-order valence-corrected chi connectivity index (χ1v) is 5.88. The molecule has 0 heterocycles. The molecule has 0 bridgehead atoms. The Kier molecular flexibility index (Phi) is 5.98. The predicted molar refractivity (Wildman–Crippen MR) is 67.7 cm³/mol. The Bertz CT molecular complexity index is 446. The van der Waals surface area contributed by atoms with Crippen molar-refractivity contribution in [2.24, 2.45) is 0 Å². The summed E-state index contributed by atoms with van der Waals surface area (Å²) < 4.78 is 5.02. The van der Waals surface area contributed by atoms with Crippen LogP contribution >= 0.6 is 0 Å². The van der Waals surface area contributed by atoms with Crippen molar-refractivity contribution in [1.29, 1.82) is 0 Å². The summed E-state index contributed by atoms with van der Waals surface area (Å²) in [6.45, 7) is 1.33. The predicted octanol–water partition coefficient (Wildman–Crippen LogP) is 0.537. The summed E-state index contributed by atoms with van der Waals surface area (Å²) in [5.74, 6) is -1.06. The lowest BCUT2D eigenvalue weighted by Gasteiger charge is -2.14. The van der Waals surface area contributed by atoms with Gasteiger partial charge >= 0.3 is 11.9 Å². The second-order valence-electron chi connectivity index (χ2n) is 3.99. The zero-order valence-electron chi connectivity index (χ0n) is 10.6. The summed E-state index contributed by atoms with van der Waals surface area (Å²) in [5.41, 5.74) is 0.682. The first-order chi connectivity index (χ1) is 9.04. The van der Waals surface area contributed by atoms with Gasteiger partial charge in [0, 0.05) is 25.6 Å². The maximum Gasteiger partial charge on any atom is 0.320 e. The monoisotopic (exact) mass is 267 g/mol. The number of ether oxygens (including phenoxy) is 1. The molecule has 0 aliphatic rings. The minimum absolute atomic E-state index is 0.116. The average molecular weight is 267 g/mol. The lowest BCUT2D eigenvalue weighted by atomic mass is 10.1. The van der Waals surface area contributed by atoms with E-state index in [1.54, 1.807) is 24.3 Å². The van der Waals surface area contributed by atoms with Crippen molar-refractivity contribution in [2.75, 3.05) is 6.61 Å². The molecule has 0 aliphatic heterocycles. The van der Waals surface area contributed by atoms with E-state index in [1.165, 1.54) is 6.92 Å². The van der Waals surface area contributed by atoms with Crippen LogP contribution in [0.3, 0.4) is 0 Å². The maximum absolute atomic E-state index is 10.9. The molecular weight excluding hydrogens is 250 g/mol. The molecule has 0 saturated heterocycles. The third-order valence-corrected chi connectivity index (χ3v) is 2.48. The number of nitrogens with one attached hydrogen (secondary N) is 1. The highest BCUT2D eigenvalue weighted by Gasteiger charge is 2.16. The number of carboxylic acids is 1. The van der Waals surface area contributed by atoms with Crippen LogP contribution in [-0.4, -0.2) is 34.8 Å². The largest absolute Gasteiger partial charge is 0.480 e. The van der Waals surface area contributed by atoms with Crippen molar-refractivity contribution in [3.05, 3.63) is 29.8 Å². The zero-order chi connectivity index (χ0) is 14.3. The quantitative estimate of drug-likeness (QED) is 0.493. The fraction of sp³-hybridized carbons (Fsp3) is 0.385. The van der Waals surface area contributed by atoms with E-state index in [0.29, 0.717) is 11.3 Å². The van der Waals surface area contributed by atoms with E-state index in [-0.39, 0.29) is 19.6 Å². The van der Waals surface area contributed by atoms with Gasteiger partial charge in [0.1, 0.15) is 11.8 Å². The van der Waals surface area contributed by atoms with Gasteiger partial charge in [0.2, 0.25) is 0 Å². The molecule has 104 valence electrons. The molecule has 0 spiro atoms. The average Bonchev–Trinajstić information content (AvgIpc) is 2.35. The number of hydrogen-bond acceptors (Lipinski definition) is 5. The lowest BCUT2D eigenvalue weighted by Crippen LogP contribution is -2.37. The molecule has 6 nitrogen and oxygen atoms in total. The van der Waals surface area contributed by atoms with Gasteiger partial charge in [0.25, 0.3) is 0 Å². The lowest BCUT2D eigenvalue weighted by molar-refractivity contribution is -0.140. The Morgan fingerprint density at radius 1 is 1.37 bits per heavy atom. The van der Waals surface area contributed by atoms with Crippen LogP contribution < -0.4 is 10.1 Å². The molecule has 1 aromatic carbocycles. The minimum atomic E-state index is -1.03. The van der Waals surface area contributed by atoms with Crippen LogP contribution in [0.25, 0.3) is 0 Å². The summed E-state index contributed by atoms with van der Waals surface area (Å²) in [4.78, 5) is 21.9. The maximum atomic E-state index is 10.9. The molecule has 0 aliphatic carbocycles. The molecule has 19 heavy (non-hydrogen) atoms. The number of esters is 1. The smallest absolute Gasteiger partial charge is 0.320 e. The second-order valence-corrected chi connectivity index (χ2v) is 3.99. The molecule has 0 fully saturated rings. The first-order valence-electron chi connectivity index (χ1n) is 5.88. The molecule has 0 amide bonds. The molecule has 1 unspecified atom stereocenters. The van der Waals surface area contributed by atoms with Gasteiger partial charge in [0.05, 0.1) is 0 Å². The van der Waals surface area contributed by atoms with Gasteiger partial charge in [-0.2, -0.15) is 0 Å². The molecule has 1 aromatic rings. The van der Waals surface area contributed by atoms with Crippen molar-refractivity contribution in [3.63, 3.8) is 0 Å². The van der Waals surface area contributed by atoms with Gasteiger partial charge in [-0.15, -0.1) is 0 Å². The van der Waals surface area contributed by atoms with E-state index >= 15 is 0 Å². The van der Waals surface area contributed by atoms with Crippen molar-refractivity contribution in [3.8, 4) is 5.75 Å². The number of benzene rings is 1. The summed E-state index contributed by atoms with van der Waals surface area (Å²) in [5, 5.41) is 20.5. The van der Waals surface area contributed by atoms with Crippen molar-refractivity contribution in [1.82, 2.24) is 5.32 Å². The molecule has 0 radical (unpaired) electrons.